The van der Waals surface area contributed by atoms with Gasteiger partial charge in [0.15, 0.2) is 0 Å². The molecule has 1 saturated heterocycles. The molecule has 0 aliphatic carbocycles. The summed E-state index contributed by atoms with van der Waals surface area (Å²) in [7, 11) is 2.03. The van der Waals surface area contributed by atoms with Gasteiger partial charge in [-0.1, -0.05) is 0 Å². The van der Waals surface area contributed by atoms with Crippen LogP contribution in [0.15, 0.2) is 0 Å². The standard InChI is InChI=1S/C7H14N2O2/c1-9-4-2-3-6(9)5-11-7(8)10/h6H,2-5H2,1H3,(H2,8,10)/t6-/m1/s1. The Balaban J connectivity index is 2.20. The predicted molar refractivity (Wildman–Crippen MR) is 41.2 cm³/mol. The second kappa shape index (κ2) is 3.57. The third-order valence-electron chi connectivity index (χ3n) is 2.09. The van der Waals surface area contributed by atoms with Crippen LogP contribution >= 0.6 is 0 Å². The summed E-state index contributed by atoms with van der Waals surface area (Å²) in [6.45, 7) is 1.53. The van der Waals surface area contributed by atoms with Crippen LogP contribution in [-0.2, 0) is 4.74 Å². The van der Waals surface area contributed by atoms with Crippen molar-refractivity contribution in [1.29, 1.82) is 0 Å². The van der Waals surface area contributed by atoms with Gasteiger partial charge in [-0.3, -0.25) is 0 Å². The van der Waals surface area contributed by atoms with Gasteiger partial charge in [-0.25, -0.2) is 4.79 Å². The molecule has 0 saturated carbocycles. The van der Waals surface area contributed by atoms with Crippen molar-refractivity contribution in [2.75, 3.05) is 20.2 Å². The van der Waals surface area contributed by atoms with E-state index in [0.717, 1.165) is 13.0 Å². The van der Waals surface area contributed by atoms with E-state index >= 15 is 0 Å². The van der Waals surface area contributed by atoms with E-state index in [4.69, 9.17) is 10.5 Å². The number of amides is 1. The van der Waals surface area contributed by atoms with E-state index in [1.54, 1.807) is 0 Å². The Morgan fingerprint density at radius 3 is 3.00 bits per heavy atom. The first-order valence-electron chi connectivity index (χ1n) is 3.82. The van der Waals surface area contributed by atoms with E-state index in [9.17, 15) is 4.79 Å². The third kappa shape index (κ3) is 2.38. The number of carbonyl (C=O) groups is 1. The van der Waals surface area contributed by atoms with Crippen molar-refractivity contribution in [3.05, 3.63) is 0 Å². The zero-order valence-electron chi connectivity index (χ0n) is 6.75. The number of nitrogens with zero attached hydrogens (tertiary/aromatic N) is 1. The van der Waals surface area contributed by atoms with Crippen LogP contribution < -0.4 is 5.73 Å². The van der Waals surface area contributed by atoms with Crippen LogP contribution in [0.1, 0.15) is 12.8 Å². The molecule has 1 heterocycles. The van der Waals surface area contributed by atoms with Crippen molar-refractivity contribution in [3.8, 4) is 0 Å². The minimum atomic E-state index is -0.676. The number of nitrogens with two attached hydrogens (primary N) is 1. The van der Waals surface area contributed by atoms with Gasteiger partial charge >= 0.3 is 6.09 Å². The van der Waals surface area contributed by atoms with Crippen LogP contribution in [0.4, 0.5) is 4.79 Å². The molecule has 1 aliphatic heterocycles. The summed E-state index contributed by atoms with van der Waals surface area (Å²) in [6, 6.07) is 0.377. The zero-order chi connectivity index (χ0) is 8.27. The summed E-state index contributed by atoms with van der Waals surface area (Å²) in [5.74, 6) is 0. The largest absolute Gasteiger partial charge is 0.448 e. The van der Waals surface area contributed by atoms with Gasteiger partial charge in [-0.05, 0) is 26.4 Å². The molecule has 1 fully saturated rings. The maximum absolute atomic E-state index is 10.2. The molecule has 4 nitrogen and oxygen atoms in total. The topological polar surface area (TPSA) is 55.6 Å². The third-order valence-corrected chi connectivity index (χ3v) is 2.09. The number of likely N-dealkylation sites (N-methyl/N-ethyl adjacent to an activating group) is 1. The van der Waals surface area contributed by atoms with Gasteiger partial charge in [0.2, 0.25) is 0 Å². The highest BCUT2D eigenvalue weighted by Crippen LogP contribution is 2.14. The number of ether oxygens (including phenoxy) is 1. The monoisotopic (exact) mass is 158 g/mol. The smallest absolute Gasteiger partial charge is 0.404 e. The van der Waals surface area contributed by atoms with Crippen molar-refractivity contribution in [2.45, 2.75) is 18.9 Å². The Bertz CT molecular complexity index is 149. The van der Waals surface area contributed by atoms with Crippen LogP contribution in [0.2, 0.25) is 0 Å². The summed E-state index contributed by atoms with van der Waals surface area (Å²) in [6.07, 6.45) is 1.61. The molecule has 0 spiro atoms. The summed E-state index contributed by atoms with van der Waals surface area (Å²) in [5.41, 5.74) is 4.84. The molecule has 0 bridgehead atoms. The van der Waals surface area contributed by atoms with Gasteiger partial charge in [-0.15, -0.1) is 0 Å². The fourth-order valence-corrected chi connectivity index (χ4v) is 1.37. The maximum atomic E-state index is 10.2. The molecule has 1 amide bonds. The second-order valence-corrected chi connectivity index (χ2v) is 2.91. The minimum absolute atomic E-state index is 0.377. The van der Waals surface area contributed by atoms with Crippen LogP contribution in [-0.4, -0.2) is 37.2 Å². The molecule has 2 N–H and O–H groups in total. The van der Waals surface area contributed by atoms with Crippen molar-refractivity contribution in [2.24, 2.45) is 5.73 Å². The molecule has 1 aliphatic rings. The fraction of sp³-hybridized carbons (Fsp3) is 0.857. The van der Waals surface area contributed by atoms with Crippen molar-refractivity contribution in [1.82, 2.24) is 4.90 Å². The highest BCUT2D eigenvalue weighted by Gasteiger charge is 2.21. The highest BCUT2D eigenvalue weighted by atomic mass is 16.5. The van der Waals surface area contributed by atoms with E-state index in [1.165, 1.54) is 6.42 Å². The molecule has 0 aromatic carbocycles. The first kappa shape index (κ1) is 8.33. The lowest BCUT2D eigenvalue weighted by atomic mass is 10.2. The fourth-order valence-electron chi connectivity index (χ4n) is 1.37. The summed E-state index contributed by atoms with van der Waals surface area (Å²) in [4.78, 5) is 12.4. The van der Waals surface area contributed by atoms with E-state index in [2.05, 4.69) is 4.90 Å². The van der Waals surface area contributed by atoms with E-state index in [0.29, 0.717) is 12.6 Å². The normalized spacial score (nSPS) is 25.4. The van der Waals surface area contributed by atoms with E-state index in [-0.39, 0.29) is 0 Å². The zero-order valence-corrected chi connectivity index (χ0v) is 6.75. The van der Waals surface area contributed by atoms with Crippen LogP contribution in [0.5, 0.6) is 0 Å². The summed E-state index contributed by atoms with van der Waals surface area (Å²) >= 11 is 0. The first-order chi connectivity index (χ1) is 5.20. The van der Waals surface area contributed by atoms with Gasteiger partial charge in [-0.2, -0.15) is 0 Å². The van der Waals surface area contributed by atoms with E-state index < -0.39 is 6.09 Å². The van der Waals surface area contributed by atoms with Gasteiger partial charge in [0.05, 0.1) is 0 Å². The van der Waals surface area contributed by atoms with Crippen molar-refractivity contribution >= 4 is 6.09 Å². The molecule has 4 heteroatoms. The van der Waals surface area contributed by atoms with Gasteiger partial charge in [0.1, 0.15) is 6.61 Å². The lowest BCUT2D eigenvalue weighted by molar-refractivity contribution is 0.123. The molecule has 64 valence electrons. The molecule has 0 unspecified atom stereocenters. The Labute approximate surface area is 66.3 Å². The van der Waals surface area contributed by atoms with Crippen LogP contribution in [0, 0.1) is 0 Å². The summed E-state index contributed by atoms with van der Waals surface area (Å²) in [5, 5.41) is 0. The maximum Gasteiger partial charge on any atom is 0.404 e. The molecule has 1 rings (SSSR count). The average Bonchev–Trinajstić information content (AvgIpc) is 2.31. The first-order valence-corrected chi connectivity index (χ1v) is 3.82. The lowest BCUT2D eigenvalue weighted by Crippen LogP contribution is -2.31. The molecular formula is C7H14N2O2. The van der Waals surface area contributed by atoms with Crippen molar-refractivity contribution in [3.63, 3.8) is 0 Å². The Morgan fingerprint density at radius 1 is 1.82 bits per heavy atom. The lowest BCUT2D eigenvalue weighted by Gasteiger charge is -2.17. The number of likely N-dealkylation sites (tertiary alicyclic amines) is 1. The molecule has 0 radical (unpaired) electrons. The van der Waals surface area contributed by atoms with Gasteiger partial charge in [0, 0.05) is 6.04 Å². The van der Waals surface area contributed by atoms with Gasteiger partial charge in [0.25, 0.3) is 0 Å². The number of primary amides is 1. The van der Waals surface area contributed by atoms with Crippen LogP contribution in [0.3, 0.4) is 0 Å². The minimum Gasteiger partial charge on any atom is -0.448 e. The predicted octanol–water partition coefficient (Wildman–Crippen LogP) is 0.176. The average molecular weight is 158 g/mol. The number of rotatable bonds is 2. The number of hydrogen-bond acceptors (Lipinski definition) is 3. The molecule has 0 aromatic heterocycles. The number of carbonyl (C=O) groups excluding carboxylic acids is 1. The van der Waals surface area contributed by atoms with Crippen molar-refractivity contribution < 1.29 is 9.53 Å². The van der Waals surface area contributed by atoms with Gasteiger partial charge < -0.3 is 15.4 Å². The quantitative estimate of drug-likeness (QED) is 0.623. The SMILES string of the molecule is CN1CCC[C@@H]1COC(N)=O. The molecule has 1 atom stereocenters. The molecule has 0 aromatic rings. The summed E-state index contributed by atoms with van der Waals surface area (Å²) < 4.78 is 4.69. The number of hydrogen-bond donors (Lipinski definition) is 1. The molecule has 11 heavy (non-hydrogen) atoms. The Kier molecular flexibility index (Phi) is 2.70. The Hall–Kier alpha value is -0.770. The highest BCUT2D eigenvalue weighted by molar-refractivity contribution is 5.64. The van der Waals surface area contributed by atoms with E-state index in [1.807, 2.05) is 7.05 Å². The molecular weight excluding hydrogens is 144 g/mol. The van der Waals surface area contributed by atoms with Crippen LogP contribution in [0.25, 0.3) is 0 Å². The Morgan fingerprint density at radius 2 is 2.55 bits per heavy atom. The second-order valence-electron chi connectivity index (χ2n) is 2.91.